The Balaban J connectivity index is 2.05. The average molecular weight is 342 g/mol. The van der Waals surface area contributed by atoms with Gasteiger partial charge >= 0.3 is 5.69 Å². The second-order valence-corrected chi connectivity index (χ2v) is 6.47. The second kappa shape index (κ2) is 7.06. The lowest BCUT2D eigenvalue weighted by Crippen LogP contribution is -3.08. The summed E-state index contributed by atoms with van der Waals surface area (Å²) in [6.45, 7) is 5.63. The second-order valence-electron chi connectivity index (χ2n) is 6.47. The molecule has 1 fully saturated rings. The summed E-state index contributed by atoms with van der Waals surface area (Å²) < 4.78 is 0.987. The summed E-state index contributed by atoms with van der Waals surface area (Å²) in [7, 11) is 0. The number of quaternary nitrogens is 1. The van der Waals surface area contributed by atoms with Crippen LogP contribution in [-0.4, -0.2) is 28.9 Å². The Bertz CT molecular complexity index is 921. The maximum atomic E-state index is 12.7. The van der Waals surface area contributed by atoms with Crippen molar-refractivity contribution in [2.45, 2.75) is 33.1 Å². The normalized spacial score (nSPS) is 15.8. The van der Waals surface area contributed by atoms with E-state index in [0.29, 0.717) is 5.69 Å². The average Bonchev–Trinajstić information content (AvgIpc) is 2.58. The Morgan fingerprint density at radius 1 is 1.16 bits per heavy atom. The number of hydrogen-bond donors (Lipinski definition) is 2. The first kappa shape index (κ1) is 17.2. The Hall–Kier alpha value is -2.67. The molecule has 1 aliphatic rings. The summed E-state index contributed by atoms with van der Waals surface area (Å²) in [6, 6.07) is 5.29. The van der Waals surface area contributed by atoms with Crippen LogP contribution in [0.1, 0.15) is 36.0 Å². The molecule has 132 valence electrons. The lowest BCUT2D eigenvalue weighted by Gasteiger charge is -2.20. The zero-order valence-electron chi connectivity index (χ0n) is 14.5. The van der Waals surface area contributed by atoms with E-state index in [1.54, 1.807) is 12.1 Å². The molecule has 0 radical (unpaired) electrons. The number of aromatic nitrogens is 2. The van der Waals surface area contributed by atoms with E-state index in [1.165, 1.54) is 12.6 Å². The van der Waals surface area contributed by atoms with Gasteiger partial charge in [0, 0.05) is 5.69 Å². The van der Waals surface area contributed by atoms with Gasteiger partial charge in [-0.3, -0.25) is 14.3 Å². The predicted molar refractivity (Wildman–Crippen MR) is 93.7 cm³/mol. The largest absolute Gasteiger partial charge is 0.859 e. The Morgan fingerprint density at radius 2 is 1.88 bits per heavy atom. The van der Waals surface area contributed by atoms with Gasteiger partial charge < -0.3 is 5.11 Å². The van der Waals surface area contributed by atoms with Crippen LogP contribution >= 0.6 is 0 Å². The minimum absolute atomic E-state index is 0.115. The van der Waals surface area contributed by atoms with Crippen LogP contribution in [0.3, 0.4) is 0 Å². The fraction of sp³-hybridized carbons (Fsp3) is 0.389. The van der Waals surface area contributed by atoms with Gasteiger partial charge in [0.1, 0.15) is 13.1 Å². The van der Waals surface area contributed by atoms with Crippen LogP contribution in [0, 0.1) is 13.8 Å². The molecule has 1 saturated heterocycles. The molecule has 2 N–H and O–H groups in total. The van der Waals surface area contributed by atoms with Crippen LogP contribution in [-0.2, 0) is 0 Å². The summed E-state index contributed by atoms with van der Waals surface area (Å²) in [5.74, 6) is -0.642. The van der Waals surface area contributed by atoms with Gasteiger partial charge in [-0.25, -0.2) is 9.80 Å². The van der Waals surface area contributed by atoms with Gasteiger partial charge in [-0.2, -0.15) is 0 Å². The maximum absolute atomic E-state index is 12.7. The van der Waals surface area contributed by atoms with E-state index in [1.807, 2.05) is 19.9 Å². The fourth-order valence-electron chi connectivity index (χ4n) is 2.99. The summed E-state index contributed by atoms with van der Waals surface area (Å²) in [6.07, 6.45) is 4.65. The molecule has 0 bridgehead atoms. The number of hydrogen-bond acceptors (Lipinski definition) is 4. The summed E-state index contributed by atoms with van der Waals surface area (Å²) in [5.41, 5.74) is 0.910. The van der Waals surface area contributed by atoms with Crippen LogP contribution in [0.15, 0.2) is 32.9 Å². The highest BCUT2D eigenvalue weighted by Crippen LogP contribution is 2.16. The van der Waals surface area contributed by atoms with Crippen molar-refractivity contribution in [1.29, 1.82) is 0 Å². The molecule has 2 aromatic rings. The van der Waals surface area contributed by atoms with E-state index < -0.39 is 17.1 Å². The molecule has 3 rings (SSSR count). The molecule has 0 spiro atoms. The van der Waals surface area contributed by atoms with Crippen molar-refractivity contribution >= 4 is 6.21 Å². The fourth-order valence-corrected chi connectivity index (χ4v) is 2.99. The number of H-pyrrole nitrogens is 1. The third kappa shape index (κ3) is 3.56. The number of aryl methyl sites for hydroxylation is 2. The standard InChI is InChI=1S/C18H22N4O3/c1-12-6-7-14(10-13(12)2)22-17(24)15(16(23)20-18(22)25)11-19-21-8-4-3-5-9-21/h6-7,10-11,24H,3-5,8-9H2,1-2H3,(H,20,23,25). The first-order valence-corrected chi connectivity index (χ1v) is 8.50. The predicted octanol–water partition coefficient (Wildman–Crippen LogP) is -0.381. The number of benzene rings is 1. The zero-order valence-corrected chi connectivity index (χ0v) is 14.5. The molecule has 0 saturated carbocycles. The van der Waals surface area contributed by atoms with E-state index >= 15 is 0 Å². The zero-order chi connectivity index (χ0) is 18.0. The van der Waals surface area contributed by atoms with Gasteiger partial charge in [-0.15, -0.1) is 0 Å². The highest BCUT2D eigenvalue weighted by atomic mass is 16.3. The molecule has 1 aliphatic heterocycles. The number of nitrogens with one attached hydrogen (secondary N) is 2. The molecule has 0 unspecified atom stereocenters. The maximum Gasteiger partial charge on any atom is 0.332 e. The van der Waals surface area contributed by atoms with E-state index in [9.17, 15) is 14.7 Å². The highest BCUT2D eigenvalue weighted by molar-refractivity contribution is 5.81. The Morgan fingerprint density at radius 3 is 2.56 bits per heavy atom. The van der Waals surface area contributed by atoms with E-state index in [-0.39, 0.29) is 5.56 Å². The van der Waals surface area contributed by atoms with Crippen molar-refractivity contribution in [2.24, 2.45) is 5.10 Å². The van der Waals surface area contributed by atoms with Crippen LogP contribution in [0.5, 0.6) is 5.88 Å². The SMILES string of the molecule is Cc1ccc(-n2c([O-])c(C=N[NH+]3CCCCC3)c(=O)[nH]c2=O)cc1C. The molecule has 1 aromatic carbocycles. The quantitative estimate of drug-likeness (QED) is 0.745. The van der Waals surface area contributed by atoms with Gasteiger partial charge in [0.25, 0.3) is 5.56 Å². The van der Waals surface area contributed by atoms with Gasteiger partial charge in [0.05, 0.1) is 11.8 Å². The lowest BCUT2D eigenvalue weighted by atomic mass is 10.1. The van der Waals surface area contributed by atoms with Crippen LogP contribution in [0.2, 0.25) is 0 Å². The number of piperidine rings is 1. The van der Waals surface area contributed by atoms with E-state index in [0.717, 1.165) is 46.6 Å². The topological polar surface area (TPSA) is 94.7 Å². The molecule has 0 atom stereocenters. The first-order valence-electron chi connectivity index (χ1n) is 8.50. The molecule has 7 heteroatoms. The minimum atomic E-state index is -0.735. The van der Waals surface area contributed by atoms with Crippen LogP contribution in [0.4, 0.5) is 0 Å². The lowest BCUT2D eigenvalue weighted by molar-refractivity contribution is -0.911. The molecular formula is C18H22N4O3. The van der Waals surface area contributed by atoms with Gasteiger partial charge in [-0.05, 0) is 62.2 Å². The van der Waals surface area contributed by atoms with Gasteiger partial charge in [0.15, 0.2) is 0 Å². The smallest absolute Gasteiger partial charge is 0.332 e. The molecule has 0 amide bonds. The number of rotatable bonds is 3. The van der Waals surface area contributed by atoms with Crippen molar-refractivity contribution < 1.29 is 10.1 Å². The van der Waals surface area contributed by atoms with Crippen molar-refractivity contribution in [1.82, 2.24) is 9.55 Å². The van der Waals surface area contributed by atoms with Gasteiger partial charge in [0.2, 0.25) is 0 Å². The van der Waals surface area contributed by atoms with Crippen molar-refractivity contribution in [2.75, 3.05) is 13.1 Å². The van der Waals surface area contributed by atoms with Crippen LogP contribution < -0.4 is 21.4 Å². The molecule has 2 heterocycles. The van der Waals surface area contributed by atoms with Gasteiger partial charge in [-0.1, -0.05) is 11.2 Å². The number of aromatic amines is 1. The monoisotopic (exact) mass is 342 g/mol. The third-order valence-electron chi connectivity index (χ3n) is 4.66. The number of nitrogens with zero attached hydrogens (tertiary/aromatic N) is 2. The molecule has 7 nitrogen and oxygen atoms in total. The first-order chi connectivity index (χ1) is 12.0. The third-order valence-corrected chi connectivity index (χ3v) is 4.66. The van der Waals surface area contributed by atoms with Crippen LogP contribution in [0.25, 0.3) is 5.69 Å². The van der Waals surface area contributed by atoms with Crippen molar-refractivity contribution in [3.8, 4) is 11.6 Å². The Labute approximate surface area is 145 Å². The van der Waals surface area contributed by atoms with E-state index in [4.69, 9.17) is 0 Å². The Kier molecular flexibility index (Phi) is 4.85. The van der Waals surface area contributed by atoms with Crippen molar-refractivity contribution in [3.05, 3.63) is 55.7 Å². The van der Waals surface area contributed by atoms with E-state index in [2.05, 4.69) is 10.1 Å². The summed E-state index contributed by atoms with van der Waals surface area (Å²) in [5, 5.41) is 18.0. The minimum Gasteiger partial charge on any atom is -0.859 e. The van der Waals surface area contributed by atoms with Crippen molar-refractivity contribution in [3.63, 3.8) is 0 Å². The molecule has 0 aliphatic carbocycles. The summed E-state index contributed by atoms with van der Waals surface area (Å²) >= 11 is 0. The molecule has 1 aromatic heterocycles. The summed E-state index contributed by atoms with van der Waals surface area (Å²) in [4.78, 5) is 26.5. The molecule has 25 heavy (non-hydrogen) atoms. The highest BCUT2D eigenvalue weighted by Gasteiger charge is 2.13. The molecular weight excluding hydrogens is 320 g/mol.